The number of nitrogens with zero attached hydrogens (tertiary/aromatic N) is 6. The molecule has 40 heavy (non-hydrogen) atoms. The fourth-order valence-corrected chi connectivity index (χ4v) is 5.49. The second-order valence-electron chi connectivity index (χ2n) is 9.79. The molecule has 0 spiro atoms. The number of hydrogen-bond acceptors (Lipinski definition) is 6. The predicted octanol–water partition coefficient (Wildman–Crippen LogP) is 7.67. The molecule has 3 aromatic heterocycles. The molecule has 6 nitrogen and oxygen atoms in total. The third-order valence-electron chi connectivity index (χ3n) is 7.38. The fourth-order valence-electron chi connectivity index (χ4n) is 5.49. The van der Waals surface area contributed by atoms with Crippen molar-refractivity contribution in [1.82, 2.24) is 30.4 Å². The van der Waals surface area contributed by atoms with Gasteiger partial charge in [-0.25, -0.2) is 9.97 Å². The summed E-state index contributed by atoms with van der Waals surface area (Å²) < 4.78 is 0. The SMILES string of the molecule is c1ccc2c(-c3cc(-c4ccc5nnccc5c4)nc(-c4ccc5nncnc5c4)c3)c3ccccc3cc2c1. The molecule has 186 valence electrons. The van der Waals surface area contributed by atoms with Crippen molar-refractivity contribution in [3.63, 3.8) is 0 Å². The number of hydrogen-bond donors (Lipinski definition) is 0. The van der Waals surface area contributed by atoms with Crippen LogP contribution in [0.3, 0.4) is 0 Å². The Morgan fingerprint density at radius 2 is 1.12 bits per heavy atom. The number of rotatable bonds is 3. The molecule has 6 heteroatoms. The molecular formula is C34H20N6. The smallest absolute Gasteiger partial charge is 0.138 e. The van der Waals surface area contributed by atoms with Gasteiger partial charge in [-0.15, -0.1) is 10.2 Å². The molecule has 0 unspecified atom stereocenters. The third kappa shape index (κ3) is 3.74. The normalized spacial score (nSPS) is 11.5. The van der Waals surface area contributed by atoms with Crippen LogP contribution in [0.5, 0.6) is 0 Å². The summed E-state index contributed by atoms with van der Waals surface area (Å²) in [6, 6.07) is 37.9. The van der Waals surface area contributed by atoms with Crippen molar-refractivity contribution in [2.75, 3.05) is 0 Å². The zero-order valence-corrected chi connectivity index (χ0v) is 21.2. The van der Waals surface area contributed by atoms with Crippen molar-refractivity contribution in [3.8, 4) is 33.6 Å². The summed E-state index contributed by atoms with van der Waals surface area (Å²) >= 11 is 0. The van der Waals surface area contributed by atoms with Gasteiger partial charge in [0.05, 0.1) is 28.6 Å². The molecule has 0 aliphatic carbocycles. The van der Waals surface area contributed by atoms with Crippen molar-refractivity contribution in [1.29, 1.82) is 0 Å². The maximum atomic E-state index is 5.17. The molecule has 0 saturated carbocycles. The zero-order chi connectivity index (χ0) is 26.5. The molecule has 0 aliphatic rings. The summed E-state index contributed by atoms with van der Waals surface area (Å²) in [5.41, 5.74) is 8.38. The third-order valence-corrected chi connectivity index (χ3v) is 7.38. The van der Waals surface area contributed by atoms with Crippen molar-refractivity contribution in [2.45, 2.75) is 0 Å². The largest absolute Gasteiger partial charge is 0.248 e. The molecular weight excluding hydrogens is 492 g/mol. The van der Waals surface area contributed by atoms with Crippen LogP contribution in [-0.4, -0.2) is 30.4 Å². The second-order valence-corrected chi connectivity index (χ2v) is 9.79. The van der Waals surface area contributed by atoms with Crippen molar-refractivity contribution < 1.29 is 0 Å². The van der Waals surface area contributed by atoms with E-state index in [1.807, 2.05) is 30.3 Å². The lowest BCUT2D eigenvalue weighted by Gasteiger charge is -2.15. The van der Waals surface area contributed by atoms with E-state index in [4.69, 9.17) is 4.98 Å². The van der Waals surface area contributed by atoms with Crippen LogP contribution in [0.15, 0.2) is 122 Å². The van der Waals surface area contributed by atoms with E-state index in [1.54, 1.807) is 6.20 Å². The Balaban J connectivity index is 1.44. The Bertz CT molecular complexity index is 2090. The molecule has 0 N–H and O–H groups in total. The van der Waals surface area contributed by atoms with Gasteiger partial charge in [-0.05, 0) is 81.2 Å². The minimum absolute atomic E-state index is 0.748. The fraction of sp³-hybridized carbons (Fsp3) is 0. The van der Waals surface area contributed by atoms with Gasteiger partial charge in [-0.3, -0.25) is 0 Å². The van der Waals surface area contributed by atoms with Crippen LogP contribution < -0.4 is 0 Å². The molecule has 0 bridgehead atoms. The molecule has 8 aromatic rings. The molecule has 0 amide bonds. The van der Waals surface area contributed by atoms with Gasteiger partial charge in [0.25, 0.3) is 0 Å². The summed E-state index contributed by atoms with van der Waals surface area (Å²) in [4.78, 5) is 9.60. The molecule has 5 aromatic carbocycles. The van der Waals surface area contributed by atoms with Gasteiger partial charge in [0.1, 0.15) is 11.8 Å². The topological polar surface area (TPSA) is 77.3 Å². The quantitative estimate of drug-likeness (QED) is 0.226. The van der Waals surface area contributed by atoms with Crippen LogP contribution in [0.25, 0.3) is 77.1 Å². The van der Waals surface area contributed by atoms with Crippen molar-refractivity contribution >= 4 is 43.5 Å². The monoisotopic (exact) mass is 512 g/mol. The van der Waals surface area contributed by atoms with Gasteiger partial charge in [-0.2, -0.15) is 10.2 Å². The van der Waals surface area contributed by atoms with Gasteiger partial charge < -0.3 is 0 Å². The minimum Gasteiger partial charge on any atom is -0.248 e. The van der Waals surface area contributed by atoms with Crippen molar-refractivity contribution in [2.24, 2.45) is 0 Å². The Morgan fingerprint density at radius 1 is 0.450 bits per heavy atom. The van der Waals surface area contributed by atoms with Gasteiger partial charge >= 0.3 is 0 Å². The van der Waals surface area contributed by atoms with E-state index >= 15 is 0 Å². The Kier molecular flexibility index (Phi) is 5.03. The average Bonchev–Trinajstić information content (AvgIpc) is 3.03. The van der Waals surface area contributed by atoms with Gasteiger partial charge in [0.15, 0.2) is 0 Å². The van der Waals surface area contributed by atoms with Crippen LogP contribution in [0.4, 0.5) is 0 Å². The number of fused-ring (bicyclic) bond motifs is 4. The van der Waals surface area contributed by atoms with Crippen LogP contribution in [0.1, 0.15) is 0 Å². The average molecular weight is 513 g/mol. The maximum Gasteiger partial charge on any atom is 0.138 e. The number of aromatic nitrogens is 6. The molecule has 0 saturated heterocycles. The molecule has 8 rings (SSSR count). The Hall–Kier alpha value is -5.62. The summed E-state index contributed by atoms with van der Waals surface area (Å²) in [6.45, 7) is 0. The first kappa shape index (κ1) is 22.4. The van der Waals surface area contributed by atoms with Crippen LogP contribution in [-0.2, 0) is 0 Å². The first-order valence-corrected chi connectivity index (χ1v) is 13.0. The molecule has 0 aliphatic heterocycles. The second kappa shape index (κ2) is 8.99. The Morgan fingerprint density at radius 3 is 1.90 bits per heavy atom. The van der Waals surface area contributed by atoms with E-state index in [1.165, 1.54) is 33.4 Å². The highest BCUT2D eigenvalue weighted by molar-refractivity contribution is 6.13. The highest BCUT2D eigenvalue weighted by Gasteiger charge is 2.15. The molecule has 0 fully saturated rings. The van der Waals surface area contributed by atoms with E-state index in [9.17, 15) is 0 Å². The first-order valence-electron chi connectivity index (χ1n) is 13.0. The van der Waals surface area contributed by atoms with Gasteiger partial charge in [-0.1, -0.05) is 60.7 Å². The molecule has 0 atom stereocenters. The molecule has 0 radical (unpaired) electrons. The summed E-state index contributed by atoms with van der Waals surface area (Å²) in [6.07, 6.45) is 3.19. The van der Waals surface area contributed by atoms with E-state index in [0.29, 0.717) is 0 Å². The minimum atomic E-state index is 0.748. The van der Waals surface area contributed by atoms with E-state index < -0.39 is 0 Å². The number of pyridine rings is 1. The highest BCUT2D eigenvalue weighted by Crippen LogP contribution is 2.39. The van der Waals surface area contributed by atoms with Gasteiger partial charge in [0.2, 0.25) is 0 Å². The lowest BCUT2D eigenvalue weighted by molar-refractivity contribution is 1.02. The summed E-state index contributed by atoms with van der Waals surface area (Å²) in [5, 5.41) is 22.2. The predicted molar refractivity (Wildman–Crippen MR) is 160 cm³/mol. The highest BCUT2D eigenvalue weighted by atomic mass is 15.1. The van der Waals surface area contributed by atoms with E-state index in [0.717, 1.165) is 50.0 Å². The number of benzene rings is 5. The van der Waals surface area contributed by atoms with Crippen LogP contribution >= 0.6 is 0 Å². The van der Waals surface area contributed by atoms with Gasteiger partial charge in [0, 0.05) is 16.5 Å². The lowest BCUT2D eigenvalue weighted by atomic mass is 9.90. The van der Waals surface area contributed by atoms with Crippen LogP contribution in [0.2, 0.25) is 0 Å². The zero-order valence-electron chi connectivity index (χ0n) is 21.2. The standard InChI is InChI=1S/C34H20N6/c1-3-7-27-21(5-1)15-22-6-2-4-8-28(22)34(27)26-18-31(23-9-11-29-25(16-23)13-14-36-39-29)38-32(19-26)24-10-12-30-33(17-24)35-20-37-40-30/h1-20H. The summed E-state index contributed by atoms with van der Waals surface area (Å²) in [7, 11) is 0. The first-order chi connectivity index (χ1) is 19.8. The Labute approximate surface area is 229 Å². The van der Waals surface area contributed by atoms with E-state index in [-0.39, 0.29) is 0 Å². The summed E-state index contributed by atoms with van der Waals surface area (Å²) in [5.74, 6) is 0. The van der Waals surface area contributed by atoms with Crippen LogP contribution in [0, 0.1) is 0 Å². The lowest BCUT2D eigenvalue weighted by Crippen LogP contribution is -1.94. The van der Waals surface area contributed by atoms with E-state index in [2.05, 4.69) is 104 Å². The van der Waals surface area contributed by atoms with Crippen molar-refractivity contribution in [3.05, 3.63) is 122 Å². The maximum absolute atomic E-state index is 5.17. The molecule has 3 heterocycles.